The standard InChI is InChI=1S/C21H18N4O3S/c26-29(27,16-17-6-2-1-3-7-17)24-18-8-10-19(11-9-18)28-21-13-12-20(22-23-21)25-14-4-5-15-25/h1-15,24H,16H2. The van der Waals surface area contributed by atoms with Gasteiger partial charge in [0.05, 0.1) is 5.75 Å². The van der Waals surface area contributed by atoms with E-state index in [4.69, 9.17) is 4.74 Å². The molecule has 0 unspecified atom stereocenters. The maximum Gasteiger partial charge on any atom is 0.238 e. The Morgan fingerprint density at radius 1 is 0.828 bits per heavy atom. The summed E-state index contributed by atoms with van der Waals surface area (Å²) in [5.41, 5.74) is 1.18. The number of hydrogen-bond donors (Lipinski definition) is 1. The lowest BCUT2D eigenvalue weighted by Crippen LogP contribution is -2.14. The minimum absolute atomic E-state index is 0.0879. The van der Waals surface area contributed by atoms with Crippen LogP contribution in [0.25, 0.3) is 5.82 Å². The zero-order valence-corrected chi connectivity index (χ0v) is 16.2. The van der Waals surface area contributed by atoms with Gasteiger partial charge in [-0.05, 0) is 48.0 Å². The molecule has 146 valence electrons. The summed E-state index contributed by atoms with van der Waals surface area (Å²) in [5, 5.41) is 8.17. The molecule has 0 aliphatic rings. The van der Waals surface area contributed by atoms with Gasteiger partial charge in [-0.1, -0.05) is 30.3 Å². The summed E-state index contributed by atoms with van der Waals surface area (Å²) in [5.74, 6) is 1.47. The van der Waals surface area contributed by atoms with E-state index >= 15 is 0 Å². The summed E-state index contributed by atoms with van der Waals surface area (Å²) in [6.45, 7) is 0. The summed E-state index contributed by atoms with van der Waals surface area (Å²) < 4.78 is 34.7. The molecule has 1 N–H and O–H groups in total. The van der Waals surface area contributed by atoms with Gasteiger partial charge >= 0.3 is 0 Å². The number of rotatable bonds is 7. The molecule has 0 saturated heterocycles. The Hall–Kier alpha value is -3.65. The third-order valence-corrected chi connectivity index (χ3v) is 5.30. The molecule has 0 spiro atoms. The van der Waals surface area contributed by atoms with Gasteiger partial charge in [0.15, 0.2) is 5.82 Å². The Balaban J connectivity index is 1.39. The quantitative estimate of drug-likeness (QED) is 0.501. The first kappa shape index (κ1) is 18.7. The van der Waals surface area contributed by atoms with Crippen molar-refractivity contribution in [2.24, 2.45) is 0 Å². The van der Waals surface area contributed by atoms with Gasteiger partial charge in [0.25, 0.3) is 0 Å². The summed E-state index contributed by atoms with van der Waals surface area (Å²) in [6.07, 6.45) is 3.75. The fourth-order valence-corrected chi connectivity index (χ4v) is 3.91. The van der Waals surface area contributed by atoms with Crippen LogP contribution in [0.5, 0.6) is 11.6 Å². The Kier molecular flexibility index (Phi) is 5.26. The van der Waals surface area contributed by atoms with Crippen LogP contribution < -0.4 is 9.46 Å². The van der Waals surface area contributed by atoms with Gasteiger partial charge in [-0.2, -0.15) is 0 Å². The van der Waals surface area contributed by atoms with Gasteiger partial charge in [0.2, 0.25) is 15.9 Å². The molecule has 2 aromatic carbocycles. The Morgan fingerprint density at radius 2 is 1.55 bits per heavy atom. The molecular formula is C21H18N4O3S. The van der Waals surface area contributed by atoms with E-state index < -0.39 is 10.0 Å². The first-order valence-corrected chi connectivity index (χ1v) is 10.5. The predicted octanol–water partition coefficient (Wildman–Crippen LogP) is 4.00. The van der Waals surface area contributed by atoms with Crippen molar-refractivity contribution in [1.82, 2.24) is 14.8 Å². The summed E-state index contributed by atoms with van der Waals surface area (Å²) in [4.78, 5) is 0. The average Bonchev–Trinajstić information content (AvgIpc) is 3.25. The fraction of sp³-hybridized carbons (Fsp3) is 0.0476. The lowest BCUT2D eigenvalue weighted by molar-refractivity contribution is 0.454. The van der Waals surface area contributed by atoms with Crippen LogP contribution in [-0.4, -0.2) is 23.2 Å². The number of benzene rings is 2. The van der Waals surface area contributed by atoms with E-state index in [-0.39, 0.29) is 5.75 Å². The maximum atomic E-state index is 12.3. The first-order valence-electron chi connectivity index (χ1n) is 8.87. The molecule has 0 aliphatic carbocycles. The molecule has 0 fully saturated rings. The molecule has 0 bridgehead atoms. The second kappa shape index (κ2) is 8.15. The molecule has 4 rings (SSSR count). The Bertz CT molecular complexity index is 1160. The van der Waals surface area contributed by atoms with Gasteiger partial charge in [-0.3, -0.25) is 4.72 Å². The minimum Gasteiger partial charge on any atom is -0.438 e. The van der Waals surface area contributed by atoms with Crippen molar-refractivity contribution in [2.75, 3.05) is 4.72 Å². The Labute approximate surface area is 168 Å². The Morgan fingerprint density at radius 3 is 2.21 bits per heavy atom. The van der Waals surface area contributed by atoms with Gasteiger partial charge in [-0.15, -0.1) is 10.2 Å². The van der Waals surface area contributed by atoms with E-state index in [0.717, 1.165) is 5.56 Å². The number of nitrogens with zero attached hydrogens (tertiary/aromatic N) is 3. The van der Waals surface area contributed by atoms with E-state index in [1.807, 2.05) is 47.3 Å². The van der Waals surface area contributed by atoms with Crippen molar-refractivity contribution in [3.8, 4) is 17.4 Å². The summed E-state index contributed by atoms with van der Waals surface area (Å²) in [6, 6.07) is 23.0. The smallest absolute Gasteiger partial charge is 0.238 e. The fourth-order valence-electron chi connectivity index (χ4n) is 2.71. The van der Waals surface area contributed by atoms with Crippen LogP contribution in [0.15, 0.2) is 91.3 Å². The van der Waals surface area contributed by atoms with Gasteiger partial charge in [0, 0.05) is 24.1 Å². The molecule has 0 amide bonds. The number of nitrogens with one attached hydrogen (secondary N) is 1. The van der Waals surface area contributed by atoms with Crippen molar-refractivity contribution in [2.45, 2.75) is 5.75 Å². The minimum atomic E-state index is -3.50. The van der Waals surface area contributed by atoms with Gasteiger partial charge < -0.3 is 9.30 Å². The topological polar surface area (TPSA) is 86.1 Å². The average molecular weight is 406 g/mol. The van der Waals surface area contributed by atoms with E-state index in [1.54, 1.807) is 48.5 Å². The van der Waals surface area contributed by atoms with E-state index in [9.17, 15) is 8.42 Å². The molecule has 7 nitrogen and oxygen atoms in total. The second-order valence-electron chi connectivity index (χ2n) is 6.29. The van der Waals surface area contributed by atoms with Crippen LogP contribution in [0, 0.1) is 0 Å². The molecular weight excluding hydrogens is 388 g/mol. The van der Waals surface area contributed by atoms with Crippen molar-refractivity contribution < 1.29 is 13.2 Å². The van der Waals surface area contributed by atoms with Crippen LogP contribution in [0.2, 0.25) is 0 Å². The maximum absolute atomic E-state index is 12.3. The summed E-state index contributed by atoms with van der Waals surface area (Å²) in [7, 11) is -3.50. The van der Waals surface area contributed by atoms with Crippen LogP contribution in [0.1, 0.15) is 5.56 Å². The van der Waals surface area contributed by atoms with Crippen molar-refractivity contribution in [3.05, 3.63) is 96.8 Å². The monoisotopic (exact) mass is 406 g/mol. The second-order valence-corrected chi connectivity index (χ2v) is 8.02. The molecule has 2 aromatic heterocycles. The van der Waals surface area contributed by atoms with Crippen LogP contribution in [0.4, 0.5) is 5.69 Å². The van der Waals surface area contributed by atoms with Gasteiger partial charge in [-0.25, -0.2) is 8.42 Å². The largest absolute Gasteiger partial charge is 0.438 e. The predicted molar refractivity (Wildman–Crippen MR) is 111 cm³/mol. The molecule has 0 radical (unpaired) electrons. The zero-order valence-electron chi connectivity index (χ0n) is 15.3. The highest BCUT2D eigenvalue weighted by Crippen LogP contribution is 2.22. The highest BCUT2D eigenvalue weighted by Gasteiger charge is 2.12. The number of aromatic nitrogens is 3. The van der Waals surface area contributed by atoms with Crippen LogP contribution in [-0.2, 0) is 15.8 Å². The van der Waals surface area contributed by atoms with Crippen molar-refractivity contribution >= 4 is 15.7 Å². The lowest BCUT2D eigenvalue weighted by Gasteiger charge is -2.09. The molecule has 29 heavy (non-hydrogen) atoms. The third-order valence-electron chi connectivity index (χ3n) is 4.04. The normalized spacial score (nSPS) is 11.2. The van der Waals surface area contributed by atoms with E-state index in [0.29, 0.717) is 23.1 Å². The SMILES string of the molecule is O=S(=O)(Cc1ccccc1)Nc1ccc(Oc2ccc(-n3cccc3)nn2)cc1. The first-order chi connectivity index (χ1) is 14.1. The lowest BCUT2D eigenvalue weighted by atomic mass is 10.2. The highest BCUT2D eigenvalue weighted by molar-refractivity contribution is 7.91. The third kappa shape index (κ3) is 4.99. The highest BCUT2D eigenvalue weighted by atomic mass is 32.2. The van der Waals surface area contributed by atoms with Crippen LogP contribution in [0.3, 0.4) is 0 Å². The summed E-state index contributed by atoms with van der Waals surface area (Å²) >= 11 is 0. The number of hydrogen-bond acceptors (Lipinski definition) is 5. The number of sulfonamides is 1. The number of ether oxygens (including phenoxy) is 1. The number of anilines is 1. The van der Waals surface area contributed by atoms with E-state index in [1.165, 1.54) is 0 Å². The van der Waals surface area contributed by atoms with E-state index in [2.05, 4.69) is 14.9 Å². The van der Waals surface area contributed by atoms with Crippen molar-refractivity contribution in [1.29, 1.82) is 0 Å². The molecule has 2 heterocycles. The molecule has 8 heteroatoms. The van der Waals surface area contributed by atoms with Gasteiger partial charge in [0.1, 0.15) is 5.75 Å². The zero-order chi connectivity index (χ0) is 20.1. The molecule has 0 atom stereocenters. The molecule has 0 saturated carbocycles. The molecule has 4 aromatic rings. The van der Waals surface area contributed by atoms with Crippen LogP contribution >= 0.6 is 0 Å². The molecule has 0 aliphatic heterocycles. The van der Waals surface area contributed by atoms with Crippen molar-refractivity contribution in [3.63, 3.8) is 0 Å².